The average molecular weight is 358 g/mol. The minimum Gasteiger partial charge on any atom is -0.497 e. The van der Waals surface area contributed by atoms with Crippen LogP contribution in [-0.4, -0.2) is 32.6 Å². The molecule has 1 aliphatic heterocycles. The van der Waals surface area contributed by atoms with E-state index in [1.807, 2.05) is 0 Å². The van der Waals surface area contributed by atoms with Gasteiger partial charge in [0, 0.05) is 24.7 Å². The molecule has 0 saturated carbocycles. The van der Waals surface area contributed by atoms with E-state index in [1.165, 1.54) is 43.4 Å². The van der Waals surface area contributed by atoms with Gasteiger partial charge in [-0.2, -0.15) is 0 Å². The highest BCUT2D eigenvalue weighted by molar-refractivity contribution is 6.04. The lowest BCUT2D eigenvalue weighted by atomic mass is 10.1. The molecule has 1 atom stereocenters. The average Bonchev–Trinajstić information content (AvgIpc) is 3.04. The van der Waals surface area contributed by atoms with Crippen molar-refractivity contribution in [1.29, 1.82) is 0 Å². The van der Waals surface area contributed by atoms with Crippen LogP contribution in [0.3, 0.4) is 0 Å². The third-order valence-electron chi connectivity index (χ3n) is 4.30. The van der Waals surface area contributed by atoms with Crippen LogP contribution in [0.2, 0.25) is 0 Å². The molecular weight excluding hydrogens is 339 g/mol. The monoisotopic (exact) mass is 358 g/mol. The fraction of sp³-hybridized carbons (Fsp3) is 0.263. The van der Waals surface area contributed by atoms with Crippen molar-refractivity contribution in [2.45, 2.75) is 6.42 Å². The molecule has 1 fully saturated rings. The number of hydrogen-bond acceptors (Lipinski definition) is 4. The number of halogens is 1. The van der Waals surface area contributed by atoms with E-state index in [9.17, 15) is 14.0 Å². The lowest BCUT2D eigenvalue weighted by Crippen LogP contribution is -2.28. The molecule has 7 heteroatoms. The first kappa shape index (κ1) is 17.7. The smallest absolute Gasteiger partial charge is 0.229 e. The fourth-order valence-corrected chi connectivity index (χ4v) is 2.90. The number of benzene rings is 2. The molecule has 0 spiro atoms. The summed E-state index contributed by atoms with van der Waals surface area (Å²) >= 11 is 0. The summed E-state index contributed by atoms with van der Waals surface area (Å²) in [5.41, 5.74) is 1.05. The zero-order valence-electron chi connectivity index (χ0n) is 14.5. The fourth-order valence-electron chi connectivity index (χ4n) is 2.90. The molecule has 6 nitrogen and oxygen atoms in total. The Bertz CT molecular complexity index is 823. The Morgan fingerprint density at radius 3 is 2.54 bits per heavy atom. The number of carbonyl (C=O) groups excluding carboxylic acids is 2. The molecule has 26 heavy (non-hydrogen) atoms. The number of nitrogens with one attached hydrogen (secondary N) is 1. The standard InChI is InChI=1S/C19H19FN2O4/c1-25-15-7-8-17(26-2)16(10-15)21-19(24)12-9-18(23)22(11-12)14-5-3-13(20)4-6-14/h3-8,10,12H,9,11H2,1-2H3,(H,21,24). The van der Waals surface area contributed by atoms with E-state index >= 15 is 0 Å². The van der Waals surface area contributed by atoms with E-state index in [4.69, 9.17) is 9.47 Å². The van der Waals surface area contributed by atoms with Crippen LogP contribution in [0.4, 0.5) is 15.8 Å². The van der Waals surface area contributed by atoms with Crippen molar-refractivity contribution < 1.29 is 23.5 Å². The Kier molecular flexibility index (Phi) is 5.06. The molecule has 1 N–H and O–H groups in total. The number of methoxy groups -OCH3 is 2. The summed E-state index contributed by atoms with van der Waals surface area (Å²) in [7, 11) is 3.04. The summed E-state index contributed by atoms with van der Waals surface area (Å²) in [6.07, 6.45) is 0.0928. The molecule has 2 aromatic carbocycles. The first-order chi connectivity index (χ1) is 12.5. The molecule has 2 aromatic rings. The molecule has 1 saturated heterocycles. The maximum absolute atomic E-state index is 13.1. The highest BCUT2D eigenvalue weighted by Gasteiger charge is 2.35. The van der Waals surface area contributed by atoms with Crippen molar-refractivity contribution in [3.05, 3.63) is 48.3 Å². The summed E-state index contributed by atoms with van der Waals surface area (Å²) in [6.45, 7) is 0.239. The summed E-state index contributed by atoms with van der Waals surface area (Å²) in [5.74, 6) is -0.262. The molecule has 1 aliphatic rings. The quantitative estimate of drug-likeness (QED) is 0.892. The predicted molar refractivity (Wildman–Crippen MR) is 95.0 cm³/mol. The van der Waals surface area contributed by atoms with Crippen LogP contribution in [0.15, 0.2) is 42.5 Å². The van der Waals surface area contributed by atoms with E-state index < -0.39 is 5.92 Å². The van der Waals surface area contributed by atoms with Crippen LogP contribution in [0, 0.1) is 11.7 Å². The first-order valence-electron chi connectivity index (χ1n) is 8.10. The largest absolute Gasteiger partial charge is 0.497 e. The Balaban J connectivity index is 1.73. The Morgan fingerprint density at radius 1 is 1.15 bits per heavy atom. The Labute approximate surface area is 150 Å². The van der Waals surface area contributed by atoms with Crippen LogP contribution >= 0.6 is 0 Å². The normalized spacial score (nSPS) is 16.5. The summed E-state index contributed by atoms with van der Waals surface area (Å²) in [4.78, 5) is 26.4. The molecule has 0 radical (unpaired) electrons. The molecule has 2 amide bonds. The number of carbonyl (C=O) groups is 2. The van der Waals surface area contributed by atoms with Crippen molar-refractivity contribution in [1.82, 2.24) is 0 Å². The number of amides is 2. The molecule has 3 rings (SSSR count). The molecule has 0 aliphatic carbocycles. The van der Waals surface area contributed by atoms with Gasteiger partial charge in [0.2, 0.25) is 11.8 Å². The Morgan fingerprint density at radius 2 is 1.88 bits per heavy atom. The molecule has 1 unspecified atom stereocenters. The lowest BCUT2D eigenvalue weighted by Gasteiger charge is -2.17. The minimum absolute atomic E-state index is 0.0928. The molecule has 0 bridgehead atoms. The summed E-state index contributed by atoms with van der Waals surface area (Å²) in [5, 5.41) is 2.80. The van der Waals surface area contributed by atoms with E-state index in [0.717, 1.165) is 0 Å². The van der Waals surface area contributed by atoms with Crippen molar-refractivity contribution in [2.24, 2.45) is 5.92 Å². The second-order valence-electron chi connectivity index (χ2n) is 5.94. The molecule has 136 valence electrons. The van der Waals surface area contributed by atoms with Gasteiger partial charge in [-0.15, -0.1) is 0 Å². The molecule has 0 aromatic heterocycles. The topological polar surface area (TPSA) is 67.9 Å². The highest BCUT2D eigenvalue weighted by atomic mass is 19.1. The first-order valence-corrected chi connectivity index (χ1v) is 8.10. The minimum atomic E-state index is -0.511. The van der Waals surface area contributed by atoms with Gasteiger partial charge < -0.3 is 19.7 Å². The van der Waals surface area contributed by atoms with Gasteiger partial charge in [0.25, 0.3) is 0 Å². The SMILES string of the molecule is COc1ccc(OC)c(NC(=O)C2CC(=O)N(c3ccc(F)cc3)C2)c1. The summed E-state index contributed by atoms with van der Waals surface area (Å²) in [6, 6.07) is 10.7. The zero-order chi connectivity index (χ0) is 18.7. The van der Waals surface area contributed by atoms with Crippen LogP contribution < -0.4 is 19.7 Å². The van der Waals surface area contributed by atoms with E-state index in [0.29, 0.717) is 22.9 Å². The van der Waals surface area contributed by atoms with Crippen molar-refractivity contribution >= 4 is 23.2 Å². The second-order valence-corrected chi connectivity index (χ2v) is 5.94. The highest BCUT2D eigenvalue weighted by Crippen LogP contribution is 2.31. The number of ether oxygens (including phenoxy) is 2. The predicted octanol–water partition coefficient (Wildman–Crippen LogP) is 2.83. The van der Waals surface area contributed by atoms with Gasteiger partial charge in [0.1, 0.15) is 17.3 Å². The van der Waals surface area contributed by atoms with Gasteiger partial charge in [-0.05, 0) is 36.4 Å². The Hall–Kier alpha value is -3.09. The van der Waals surface area contributed by atoms with Gasteiger partial charge in [0.05, 0.1) is 25.8 Å². The maximum Gasteiger partial charge on any atom is 0.229 e. The molecule has 1 heterocycles. The third-order valence-corrected chi connectivity index (χ3v) is 4.30. The maximum atomic E-state index is 13.1. The zero-order valence-corrected chi connectivity index (χ0v) is 14.5. The number of anilines is 2. The van der Waals surface area contributed by atoms with Gasteiger partial charge in [-0.1, -0.05) is 0 Å². The van der Waals surface area contributed by atoms with E-state index in [2.05, 4.69) is 5.32 Å². The third kappa shape index (κ3) is 3.61. The van der Waals surface area contributed by atoms with Gasteiger partial charge >= 0.3 is 0 Å². The number of hydrogen-bond donors (Lipinski definition) is 1. The lowest BCUT2D eigenvalue weighted by molar-refractivity contribution is -0.122. The number of rotatable bonds is 5. The van der Waals surface area contributed by atoms with Crippen molar-refractivity contribution in [3.8, 4) is 11.5 Å². The van der Waals surface area contributed by atoms with Crippen LogP contribution in [0.5, 0.6) is 11.5 Å². The van der Waals surface area contributed by atoms with Crippen molar-refractivity contribution in [2.75, 3.05) is 31.0 Å². The van der Waals surface area contributed by atoms with Crippen LogP contribution in [0.1, 0.15) is 6.42 Å². The van der Waals surface area contributed by atoms with Crippen LogP contribution in [-0.2, 0) is 9.59 Å². The van der Waals surface area contributed by atoms with Gasteiger partial charge in [-0.3, -0.25) is 9.59 Å². The van der Waals surface area contributed by atoms with Crippen LogP contribution in [0.25, 0.3) is 0 Å². The van der Waals surface area contributed by atoms with Gasteiger partial charge in [-0.25, -0.2) is 4.39 Å². The van der Waals surface area contributed by atoms with Gasteiger partial charge in [0.15, 0.2) is 0 Å². The molecular formula is C19H19FN2O4. The van der Waals surface area contributed by atoms with E-state index in [1.54, 1.807) is 18.2 Å². The van der Waals surface area contributed by atoms with E-state index in [-0.39, 0.29) is 30.6 Å². The second kappa shape index (κ2) is 7.43. The van der Waals surface area contributed by atoms with Crippen molar-refractivity contribution in [3.63, 3.8) is 0 Å². The summed E-state index contributed by atoms with van der Waals surface area (Å²) < 4.78 is 23.5. The number of nitrogens with zero attached hydrogens (tertiary/aromatic N) is 1.